The first-order valence-electron chi connectivity index (χ1n) is 11.5. The number of hydrogen-bond donors (Lipinski definition) is 0. The normalized spacial score (nSPS) is 26.8. The molecule has 1 aromatic carbocycles. The van der Waals surface area contributed by atoms with Crippen molar-refractivity contribution >= 4 is 39.8 Å². The number of rotatable bonds is 7. The molecule has 0 aliphatic carbocycles. The Labute approximate surface area is 192 Å². The Hall–Kier alpha value is -2.66. The van der Waals surface area contributed by atoms with Gasteiger partial charge in [-0.15, -0.1) is 0 Å². The lowest BCUT2D eigenvalue weighted by molar-refractivity contribution is -0.288. The fraction of sp³-hybridized carbons (Fsp3) is 0.500. The van der Waals surface area contributed by atoms with E-state index in [-0.39, 0.29) is 5.75 Å². The molecular weight excluding hydrogens is 480 g/mol. The molecule has 0 N–H and O–H groups in total. The number of carbonyl (C=O) groups is 4. The van der Waals surface area contributed by atoms with Crippen LogP contribution in [0.15, 0.2) is 28.7 Å². The van der Waals surface area contributed by atoms with E-state index in [9.17, 15) is 19.2 Å². The molecule has 10 nitrogen and oxygen atoms in total. The second kappa shape index (κ2) is 11.1. The molecule has 0 radical (unpaired) electrons. The Kier molecular flexibility index (Phi) is 6.82. The van der Waals surface area contributed by atoms with E-state index in [2.05, 4.69) is 15.9 Å². The first-order valence-corrected chi connectivity index (χ1v) is 9.50. The van der Waals surface area contributed by atoms with Crippen molar-refractivity contribution in [1.82, 2.24) is 0 Å². The highest BCUT2D eigenvalue weighted by atomic mass is 79.9. The monoisotopic (exact) mass is 506 g/mol. The van der Waals surface area contributed by atoms with Gasteiger partial charge in [0.1, 0.15) is 18.5 Å². The summed E-state index contributed by atoms with van der Waals surface area (Å²) in [6.45, 7) is -3.72. The van der Waals surface area contributed by atoms with Crippen LogP contribution in [0.2, 0.25) is 0 Å². The average Bonchev–Trinajstić information content (AvgIpc) is 2.86. The molecular formula is C20H23BrO10. The van der Waals surface area contributed by atoms with E-state index in [4.69, 9.17) is 33.9 Å². The minimum absolute atomic E-state index is 0.235. The van der Waals surface area contributed by atoms with Gasteiger partial charge in [-0.25, -0.2) is 0 Å². The fourth-order valence-corrected chi connectivity index (χ4v) is 3.05. The molecule has 0 bridgehead atoms. The lowest BCUT2D eigenvalue weighted by Gasteiger charge is -2.43. The summed E-state index contributed by atoms with van der Waals surface area (Å²) in [6.07, 6.45) is -7.56. The van der Waals surface area contributed by atoms with E-state index in [0.29, 0.717) is 0 Å². The molecule has 170 valence electrons. The van der Waals surface area contributed by atoms with Crippen LogP contribution >= 0.6 is 15.9 Å². The molecule has 2 rings (SSSR count). The van der Waals surface area contributed by atoms with Gasteiger partial charge < -0.3 is 28.4 Å². The topological polar surface area (TPSA) is 124 Å². The zero-order valence-corrected chi connectivity index (χ0v) is 17.8. The van der Waals surface area contributed by atoms with Crippen molar-refractivity contribution in [3.8, 4) is 5.75 Å². The van der Waals surface area contributed by atoms with Gasteiger partial charge in [0, 0.05) is 37.6 Å². The summed E-state index contributed by atoms with van der Waals surface area (Å²) < 4.78 is 61.8. The predicted molar refractivity (Wildman–Crippen MR) is 107 cm³/mol. The van der Waals surface area contributed by atoms with Crippen LogP contribution in [0.1, 0.15) is 33.1 Å². The Balaban J connectivity index is 2.48. The van der Waals surface area contributed by atoms with Crippen molar-refractivity contribution < 1.29 is 53.1 Å². The van der Waals surface area contributed by atoms with Gasteiger partial charge >= 0.3 is 23.9 Å². The predicted octanol–water partition coefficient (Wildman–Crippen LogP) is 1.91. The van der Waals surface area contributed by atoms with Crippen molar-refractivity contribution in [3.63, 3.8) is 0 Å². The molecule has 11 heteroatoms. The third-order valence-electron chi connectivity index (χ3n) is 3.87. The molecule has 1 saturated heterocycles. The Morgan fingerprint density at radius 1 is 0.871 bits per heavy atom. The molecule has 1 aliphatic rings. The molecule has 5 atom stereocenters. The van der Waals surface area contributed by atoms with Gasteiger partial charge in [-0.2, -0.15) is 0 Å². The second-order valence-electron chi connectivity index (χ2n) is 6.16. The van der Waals surface area contributed by atoms with Gasteiger partial charge in [0.15, 0.2) is 12.2 Å². The van der Waals surface area contributed by atoms with Crippen LogP contribution in [-0.4, -0.2) is 61.2 Å². The van der Waals surface area contributed by atoms with Gasteiger partial charge in [-0.3, -0.25) is 19.2 Å². The summed E-state index contributed by atoms with van der Waals surface area (Å²) in [5.41, 5.74) is 0. The maximum atomic E-state index is 12.0. The minimum Gasteiger partial charge on any atom is -0.463 e. The van der Waals surface area contributed by atoms with Gasteiger partial charge in [-0.05, 0) is 24.3 Å². The van der Waals surface area contributed by atoms with Gasteiger partial charge in [0.05, 0.1) is 0 Å². The summed E-state index contributed by atoms with van der Waals surface area (Å²) in [7, 11) is 0. The van der Waals surface area contributed by atoms with Gasteiger partial charge in [-0.1, -0.05) is 15.9 Å². The smallest absolute Gasteiger partial charge is 0.303 e. The van der Waals surface area contributed by atoms with E-state index in [1.54, 1.807) is 24.3 Å². The Morgan fingerprint density at radius 3 is 2.00 bits per heavy atom. The SMILES string of the molecule is [2H]CC(=O)OC[C@H]1OC(Oc2ccc(Br)cc2)[C@@H](OC(=O)C[2H])[C@@H](OC(=O)C[2H])[C@@H]1OC(=O)C[2H]. The Bertz CT molecular complexity index is 887. The first-order chi connectivity index (χ1) is 16.7. The molecule has 1 unspecified atom stereocenters. The standard InChI is InChI=1S/C20H23BrO10/c1-10(22)26-9-16-17(27-11(2)23)18(28-12(3)24)19(29-13(4)25)20(31-16)30-15-7-5-14(21)6-8-15/h5-8,16-20H,9H2,1-4H3/t16-,17-,18+,19+,20?/m1/s1/i1D,2D,3D,4D. The van der Waals surface area contributed by atoms with Gasteiger partial charge in [0.25, 0.3) is 0 Å². The minimum atomic E-state index is -1.60. The van der Waals surface area contributed by atoms with Crippen LogP contribution in [-0.2, 0) is 42.9 Å². The van der Waals surface area contributed by atoms with Crippen molar-refractivity contribution in [2.45, 2.75) is 58.3 Å². The molecule has 31 heavy (non-hydrogen) atoms. The lowest BCUT2D eigenvalue weighted by atomic mass is 9.98. The van der Waals surface area contributed by atoms with Crippen LogP contribution in [0.3, 0.4) is 0 Å². The van der Waals surface area contributed by atoms with E-state index in [1.807, 2.05) is 0 Å². The molecule has 0 amide bonds. The van der Waals surface area contributed by atoms with Crippen molar-refractivity contribution in [3.05, 3.63) is 28.7 Å². The third-order valence-corrected chi connectivity index (χ3v) is 4.40. The molecule has 0 saturated carbocycles. The summed E-state index contributed by atoms with van der Waals surface area (Å²) >= 11 is 3.28. The largest absolute Gasteiger partial charge is 0.463 e. The van der Waals surface area contributed by atoms with Crippen LogP contribution in [0.5, 0.6) is 5.75 Å². The number of ether oxygens (including phenoxy) is 6. The van der Waals surface area contributed by atoms with Crippen molar-refractivity contribution in [2.24, 2.45) is 0 Å². The van der Waals surface area contributed by atoms with E-state index in [0.717, 1.165) is 4.47 Å². The molecule has 1 aromatic rings. The van der Waals surface area contributed by atoms with Crippen LogP contribution in [0.4, 0.5) is 0 Å². The van der Waals surface area contributed by atoms with Crippen molar-refractivity contribution in [2.75, 3.05) is 6.61 Å². The average molecular weight is 507 g/mol. The highest BCUT2D eigenvalue weighted by molar-refractivity contribution is 9.10. The highest BCUT2D eigenvalue weighted by Crippen LogP contribution is 2.31. The van der Waals surface area contributed by atoms with Gasteiger partial charge in [0.2, 0.25) is 12.4 Å². The third kappa shape index (κ3) is 7.51. The number of benzene rings is 1. The second-order valence-corrected chi connectivity index (χ2v) is 7.08. The molecule has 0 spiro atoms. The summed E-state index contributed by atoms with van der Waals surface area (Å²) in [4.78, 5) is 47.6. The summed E-state index contributed by atoms with van der Waals surface area (Å²) in [5.74, 6) is -3.86. The number of esters is 4. The molecule has 1 fully saturated rings. The summed E-state index contributed by atoms with van der Waals surface area (Å²) in [6, 6.07) is 6.38. The molecule has 1 aliphatic heterocycles. The van der Waals surface area contributed by atoms with Crippen LogP contribution in [0.25, 0.3) is 0 Å². The van der Waals surface area contributed by atoms with E-state index < -0.39 is 88.8 Å². The summed E-state index contributed by atoms with van der Waals surface area (Å²) in [5, 5.41) is 0. The van der Waals surface area contributed by atoms with Crippen LogP contribution < -0.4 is 4.74 Å². The maximum absolute atomic E-state index is 12.0. The van der Waals surface area contributed by atoms with Crippen LogP contribution in [0, 0.1) is 0 Å². The fourth-order valence-electron chi connectivity index (χ4n) is 2.79. The molecule has 1 heterocycles. The first kappa shape index (κ1) is 19.1. The maximum Gasteiger partial charge on any atom is 0.303 e. The molecule has 0 aromatic heterocycles. The van der Waals surface area contributed by atoms with E-state index in [1.165, 1.54) is 0 Å². The van der Waals surface area contributed by atoms with Crippen molar-refractivity contribution in [1.29, 1.82) is 0 Å². The number of hydrogen-bond acceptors (Lipinski definition) is 10. The Morgan fingerprint density at radius 2 is 1.42 bits per heavy atom. The zero-order chi connectivity index (χ0) is 26.0. The lowest BCUT2D eigenvalue weighted by Crippen LogP contribution is -2.63. The highest BCUT2D eigenvalue weighted by Gasteiger charge is 2.53. The van der Waals surface area contributed by atoms with E-state index >= 15 is 0 Å². The zero-order valence-electron chi connectivity index (χ0n) is 20.2. The quantitative estimate of drug-likeness (QED) is 0.399. The number of halogens is 1. The number of carbonyl (C=O) groups excluding carboxylic acids is 4.